The van der Waals surface area contributed by atoms with Gasteiger partial charge in [0.2, 0.25) is 0 Å². The van der Waals surface area contributed by atoms with Crippen LogP contribution in [0.25, 0.3) is 0 Å². The van der Waals surface area contributed by atoms with E-state index < -0.39 is 0 Å². The lowest BCUT2D eigenvalue weighted by molar-refractivity contribution is 0.200. The fourth-order valence-corrected chi connectivity index (χ4v) is 1.76. The third-order valence-electron chi connectivity index (χ3n) is 2.92. The number of aliphatic hydroxyl groups is 1. The minimum absolute atomic E-state index is 0.116. The molecular formula is C15H25NO3. The van der Waals surface area contributed by atoms with Crippen LogP contribution in [0.1, 0.15) is 20.8 Å². The molecule has 2 N–H and O–H groups in total. The van der Waals surface area contributed by atoms with E-state index in [4.69, 9.17) is 9.47 Å². The van der Waals surface area contributed by atoms with E-state index >= 15 is 0 Å². The molecule has 0 heterocycles. The Morgan fingerprint density at radius 2 is 1.79 bits per heavy atom. The molecule has 0 aromatic heterocycles. The molecule has 0 fully saturated rings. The maximum atomic E-state index is 9.20. The molecule has 0 saturated carbocycles. The number of nitrogens with one attached hydrogen (secondary N) is 1. The van der Waals surface area contributed by atoms with Crippen LogP contribution in [-0.2, 0) is 0 Å². The van der Waals surface area contributed by atoms with Gasteiger partial charge in [-0.2, -0.15) is 0 Å². The first-order valence-corrected chi connectivity index (χ1v) is 6.87. The van der Waals surface area contributed by atoms with Crippen molar-refractivity contribution in [3.05, 3.63) is 24.3 Å². The largest absolute Gasteiger partial charge is 0.490 e. The molecule has 108 valence electrons. The van der Waals surface area contributed by atoms with Crippen molar-refractivity contribution >= 4 is 0 Å². The van der Waals surface area contributed by atoms with Gasteiger partial charge in [-0.25, -0.2) is 0 Å². The van der Waals surface area contributed by atoms with E-state index in [1.165, 1.54) is 0 Å². The van der Waals surface area contributed by atoms with Crippen LogP contribution in [0, 0.1) is 5.92 Å². The average Bonchev–Trinajstić information content (AvgIpc) is 2.40. The van der Waals surface area contributed by atoms with E-state index in [1.54, 1.807) is 0 Å². The first kappa shape index (κ1) is 15.8. The zero-order valence-electron chi connectivity index (χ0n) is 12.1. The normalized spacial score (nSPS) is 12.5. The number of rotatable bonds is 9. The molecule has 0 radical (unpaired) electrons. The van der Waals surface area contributed by atoms with Crippen molar-refractivity contribution in [2.75, 3.05) is 26.4 Å². The van der Waals surface area contributed by atoms with Gasteiger partial charge in [-0.1, -0.05) is 26.0 Å². The number of aliphatic hydroxyl groups excluding tert-OH is 1. The Hall–Kier alpha value is -1.26. The number of ether oxygens (including phenoxy) is 2. The van der Waals surface area contributed by atoms with Gasteiger partial charge in [0.25, 0.3) is 0 Å². The quantitative estimate of drug-likeness (QED) is 0.673. The molecule has 1 aromatic rings. The maximum absolute atomic E-state index is 9.20. The molecule has 4 nitrogen and oxygen atoms in total. The summed E-state index contributed by atoms with van der Waals surface area (Å²) >= 11 is 0. The van der Waals surface area contributed by atoms with Gasteiger partial charge >= 0.3 is 0 Å². The second kappa shape index (κ2) is 8.77. The van der Waals surface area contributed by atoms with Crippen molar-refractivity contribution in [3.8, 4) is 11.5 Å². The lowest BCUT2D eigenvalue weighted by Crippen LogP contribution is -2.39. The maximum Gasteiger partial charge on any atom is 0.161 e. The van der Waals surface area contributed by atoms with E-state index in [9.17, 15) is 5.11 Å². The first-order chi connectivity index (χ1) is 9.19. The van der Waals surface area contributed by atoms with Crippen molar-refractivity contribution in [1.29, 1.82) is 0 Å². The van der Waals surface area contributed by atoms with Crippen molar-refractivity contribution in [2.24, 2.45) is 5.92 Å². The van der Waals surface area contributed by atoms with E-state index in [0.29, 0.717) is 25.7 Å². The molecule has 0 spiro atoms. The predicted octanol–water partition coefficient (Wildman–Crippen LogP) is 2.07. The Balaban J connectivity index is 2.36. The Labute approximate surface area is 115 Å². The SMILES string of the molecule is CCOc1ccccc1OCCN[C@H](CO)C(C)C. The van der Waals surface area contributed by atoms with E-state index in [0.717, 1.165) is 11.5 Å². The molecule has 19 heavy (non-hydrogen) atoms. The summed E-state index contributed by atoms with van der Waals surface area (Å²) < 4.78 is 11.2. The van der Waals surface area contributed by atoms with Crippen LogP contribution in [0.15, 0.2) is 24.3 Å². The summed E-state index contributed by atoms with van der Waals surface area (Å²) in [5, 5.41) is 12.5. The van der Waals surface area contributed by atoms with Crippen LogP contribution >= 0.6 is 0 Å². The Kier molecular flexibility index (Phi) is 7.30. The summed E-state index contributed by atoms with van der Waals surface area (Å²) in [7, 11) is 0. The van der Waals surface area contributed by atoms with E-state index in [-0.39, 0.29) is 12.6 Å². The molecule has 0 aliphatic heterocycles. The molecule has 1 rings (SSSR count). The Bertz CT molecular complexity index is 355. The molecular weight excluding hydrogens is 242 g/mol. The van der Waals surface area contributed by atoms with Gasteiger partial charge in [0.15, 0.2) is 11.5 Å². The van der Waals surface area contributed by atoms with Gasteiger partial charge < -0.3 is 19.9 Å². The second-order valence-electron chi connectivity index (χ2n) is 4.72. The van der Waals surface area contributed by atoms with Crippen molar-refractivity contribution in [2.45, 2.75) is 26.8 Å². The molecule has 0 amide bonds. The highest BCUT2D eigenvalue weighted by molar-refractivity contribution is 5.39. The molecule has 4 heteroatoms. The van der Waals surface area contributed by atoms with Crippen LogP contribution in [0.3, 0.4) is 0 Å². The zero-order valence-corrected chi connectivity index (χ0v) is 12.1. The third kappa shape index (κ3) is 5.49. The van der Waals surface area contributed by atoms with Crippen LogP contribution < -0.4 is 14.8 Å². The number of para-hydroxylation sites is 2. The highest BCUT2D eigenvalue weighted by Crippen LogP contribution is 2.25. The molecule has 0 unspecified atom stereocenters. The highest BCUT2D eigenvalue weighted by Gasteiger charge is 2.10. The average molecular weight is 267 g/mol. The Morgan fingerprint density at radius 3 is 2.32 bits per heavy atom. The minimum Gasteiger partial charge on any atom is -0.490 e. The number of hydrogen-bond acceptors (Lipinski definition) is 4. The lowest BCUT2D eigenvalue weighted by Gasteiger charge is -2.20. The summed E-state index contributed by atoms with van der Waals surface area (Å²) in [6, 6.07) is 7.77. The predicted molar refractivity (Wildman–Crippen MR) is 76.8 cm³/mol. The number of hydrogen-bond donors (Lipinski definition) is 2. The molecule has 0 saturated heterocycles. The summed E-state index contributed by atoms with van der Waals surface area (Å²) in [4.78, 5) is 0. The van der Waals surface area contributed by atoms with Crippen LogP contribution in [0.4, 0.5) is 0 Å². The highest BCUT2D eigenvalue weighted by atomic mass is 16.5. The summed E-state index contributed by atoms with van der Waals surface area (Å²) in [6.45, 7) is 8.13. The minimum atomic E-state index is 0.116. The summed E-state index contributed by atoms with van der Waals surface area (Å²) in [5.74, 6) is 1.93. The lowest BCUT2D eigenvalue weighted by atomic mass is 10.1. The van der Waals surface area contributed by atoms with Crippen LogP contribution in [-0.4, -0.2) is 37.5 Å². The van der Waals surface area contributed by atoms with Crippen molar-refractivity contribution in [3.63, 3.8) is 0 Å². The molecule has 0 bridgehead atoms. The summed E-state index contributed by atoms with van der Waals surface area (Å²) in [5.41, 5.74) is 0. The van der Waals surface area contributed by atoms with Gasteiger partial charge in [0, 0.05) is 12.6 Å². The van der Waals surface area contributed by atoms with Crippen molar-refractivity contribution < 1.29 is 14.6 Å². The van der Waals surface area contributed by atoms with Gasteiger partial charge in [-0.05, 0) is 25.0 Å². The topological polar surface area (TPSA) is 50.7 Å². The van der Waals surface area contributed by atoms with Gasteiger partial charge in [0.1, 0.15) is 6.61 Å². The third-order valence-corrected chi connectivity index (χ3v) is 2.92. The van der Waals surface area contributed by atoms with Crippen molar-refractivity contribution in [1.82, 2.24) is 5.32 Å². The summed E-state index contributed by atoms with van der Waals surface area (Å²) in [6.07, 6.45) is 0. The molecule has 1 atom stereocenters. The fraction of sp³-hybridized carbons (Fsp3) is 0.600. The van der Waals surface area contributed by atoms with Gasteiger partial charge in [-0.15, -0.1) is 0 Å². The molecule has 1 aromatic carbocycles. The van der Waals surface area contributed by atoms with Crippen LogP contribution in [0.2, 0.25) is 0 Å². The number of benzene rings is 1. The second-order valence-corrected chi connectivity index (χ2v) is 4.72. The van der Waals surface area contributed by atoms with Gasteiger partial charge in [0.05, 0.1) is 13.2 Å². The fourth-order valence-electron chi connectivity index (χ4n) is 1.76. The molecule has 0 aliphatic rings. The van der Waals surface area contributed by atoms with E-state index in [2.05, 4.69) is 19.2 Å². The first-order valence-electron chi connectivity index (χ1n) is 6.87. The standard InChI is InChI=1S/C15H25NO3/c1-4-18-14-7-5-6-8-15(14)19-10-9-16-13(11-17)12(2)3/h5-8,12-13,16-17H,4,9-11H2,1-3H3/t13-/m1/s1. The molecule has 0 aliphatic carbocycles. The smallest absolute Gasteiger partial charge is 0.161 e. The Morgan fingerprint density at radius 1 is 1.16 bits per heavy atom. The van der Waals surface area contributed by atoms with Gasteiger partial charge in [-0.3, -0.25) is 0 Å². The monoisotopic (exact) mass is 267 g/mol. The van der Waals surface area contributed by atoms with Crippen LogP contribution in [0.5, 0.6) is 11.5 Å². The van der Waals surface area contributed by atoms with E-state index in [1.807, 2.05) is 31.2 Å². The zero-order chi connectivity index (χ0) is 14.1.